The van der Waals surface area contributed by atoms with E-state index in [4.69, 9.17) is 5.73 Å². The first-order valence-electron chi connectivity index (χ1n) is 8.34. The van der Waals surface area contributed by atoms with E-state index in [1.165, 1.54) is 5.56 Å². The summed E-state index contributed by atoms with van der Waals surface area (Å²) in [6.45, 7) is 4.72. The minimum absolute atomic E-state index is 0. The molecule has 0 spiro atoms. The molecule has 1 heterocycles. The van der Waals surface area contributed by atoms with Crippen LogP contribution < -0.4 is 11.1 Å². The molecular weight excluding hydrogens is 342 g/mol. The summed E-state index contributed by atoms with van der Waals surface area (Å²) in [4.78, 5) is 36.0. The number of nitrogens with two attached hydrogens (primary N) is 1. The van der Waals surface area contributed by atoms with E-state index < -0.39 is 0 Å². The van der Waals surface area contributed by atoms with Crippen LogP contribution in [-0.2, 0) is 14.4 Å². The van der Waals surface area contributed by atoms with Crippen molar-refractivity contribution in [1.82, 2.24) is 10.2 Å². The number of benzene rings is 1. The molecule has 0 aliphatic carbocycles. The molecule has 0 saturated carbocycles. The molecule has 1 atom stereocenters. The smallest absolute Gasteiger partial charge is 0.229 e. The molecule has 1 aliphatic heterocycles. The Hall–Kier alpha value is -1.92. The SMILES string of the molecule is CC(C)c1ccc(C(N)CNC(=O)CCN2C(=O)CCC2=O)cc1.Cl. The molecule has 0 aromatic heterocycles. The van der Waals surface area contributed by atoms with Gasteiger partial charge < -0.3 is 11.1 Å². The highest BCUT2D eigenvalue weighted by molar-refractivity contribution is 6.02. The molecule has 1 aromatic rings. The maximum atomic E-state index is 11.9. The number of carbonyl (C=O) groups excluding carboxylic acids is 3. The summed E-state index contributed by atoms with van der Waals surface area (Å²) in [6.07, 6.45) is 0.603. The number of hydrogen-bond donors (Lipinski definition) is 2. The second kappa shape index (κ2) is 9.53. The van der Waals surface area contributed by atoms with Gasteiger partial charge in [-0.05, 0) is 17.0 Å². The Morgan fingerprint density at radius 1 is 1.12 bits per heavy atom. The minimum atomic E-state index is -0.287. The van der Waals surface area contributed by atoms with Crippen molar-refractivity contribution in [3.05, 3.63) is 35.4 Å². The molecule has 1 fully saturated rings. The van der Waals surface area contributed by atoms with Gasteiger partial charge in [0, 0.05) is 38.4 Å². The van der Waals surface area contributed by atoms with Gasteiger partial charge in [-0.1, -0.05) is 38.1 Å². The quantitative estimate of drug-likeness (QED) is 0.720. The van der Waals surface area contributed by atoms with Gasteiger partial charge in [-0.15, -0.1) is 12.4 Å². The fourth-order valence-electron chi connectivity index (χ4n) is 2.64. The summed E-state index contributed by atoms with van der Waals surface area (Å²) in [5.74, 6) is -0.146. The zero-order chi connectivity index (χ0) is 17.7. The molecule has 3 N–H and O–H groups in total. The van der Waals surface area contributed by atoms with Crippen LogP contribution in [0.15, 0.2) is 24.3 Å². The Bertz CT molecular complexity index is 600. The van der Waals surface area contributed by atoms with Gasteiger partial charge in [0.25, 0.3) is 0 Å². The number of nitrogens with one attached hydrogen (secondary N) is 1. The Kier molecular flexibility index (Phi) is 8.06. The van der Waals surface area contributed by atoms with Crippen molar-refractivity contribution < 1.29 is 14.4 Å². The molecule has 1 aliphatic rings. The molecule has 1 saturated heterocycles. The van der Waals surface area contributed by atoms with Gasteiger partial charge in [-0.3, -0.25) is 19.3 Å². The fourth-order valence-corrected chi connectivity index (χ4v) is 2.64. The lowest BCUT2D eigenvalue weighted by atomic mass is 9.99. The number of halogens is 1. The standard InChI is InChI=1S/C18H25N3O3.ClH/c1-12(2)13-3-5-14(6-4-13)15(19)11-20-16(22)9-10-21-17(23)7-8-18(21)24;/h3-6,12,15H,7-11,19H2,1-2H3,(H,20,22);1H. The average molecular weight is 368 g/mol. The molecule has 6 nitrogen and oxygen atoms in total. The summed E-state index contributed by atoms with van der Waals surface area (Å²) < 4.78 is 0. The van der Waals surface area contributed by atoms with E-state index >= 15 is 0 Å². The maximum Gasteiger partial charge on any atom is 0.229 e. The Morgan fingerprint density at radius 3 is 2.16 bits per heavy atom. The monoisotopic (exact) mass is 367 g/mol. The predicted molar refractivity (Wildman–Crippen MR) is 98.3 cm³/mol. The highest BCUT2D eigenvalue weighted by Gasteiger charge is 2.28. The number of hydrogen-bond acceptors (Lipinski definition) is 4. The predicted octanol–water partition coefficient (Wildman–Crippen LogP) is 1.89. The lowest BCUT2D eigenvalue weighted by Gasteiger charge is -2.16. The molecule has 7 heteroatoms. The third-order valence-corrected chi connectivity index (χ3v) is 4.27. The van der Waals surface area contributed by atoms with Gasteiger partial charge in [0.2, 0.25) is 17.7 Å². The van der Waals surface area contributed by atoms with E-state index in [0.717, 1.165) is 10.5 Å². The fraction of sp³-hybridized carbons (Fsp3) is 0.500. The first-order valence-corrected chi connectivity index (χ1v) is 8.34. The Morgan fingerprint density at radius 2 is 1.64 bits per heavy atom. The lowest BCUT2D eigenvalue weighted by molar-refractivity contribution is -0.138. The zero-order valence-electron chi connectivity index (χ0n) is 14.7. The van der Waals surface area contributed by atoms with Crippen LogP contribution in [0.1, 0.15) is 56.2 Å². The highest BCUT2D eigenvalue weighted by Crippen LogP contribution is 2.17. The van der Waals surface area contributed by atoms with Crippen LogP contribution in [0.2, 0.25) is 0 Å². The molecule has 2 rings (SSSR count). The minimum Gasteiger partial charge on any atom is -0.354 e. The van der Waals surface area contributed by atoms with E-state index in [0.29, 0.717) is 12.5 Å². The second-order valence-corrected chi connectivity index (χ2v) is 6.42. The van der Waals surface area contributed by atoms with Crippen molar-refractivity contribution in [2.45, 2.75) is 45.1 Å². The van der Waals surface area contributed by atoms with Crippen molar-refractivity contribution in [1.29, 1.82) is 0 Å². The van der Waals surface area contributed by atoms with Crippen molar-refractivity contribution in [2.75, 3.05) is 13.1 Å². The molecule has 3 amide bonds. The number of imide groups is 1. The maximum absolute atomic E-state index is 11.9. The van der Waals surface area contributed by atoms with Crippen LogP contribution in [0.3, 0.4) is 0 Å². The van der Waals surface area contributed by atoms with Crippen LogP contribution in [0.25, 0.3) is 0 Å². The summed E-state index contributed by atoms with van der Waals surface area (Å²) in [7, 11) is 0. The molecule has 138 valence electrons. The molecule has 1 aromatic carbocycles. The lowest BCUT2D eigenvalue weighted by Crippen LogP contribution is -2.36. The highest BCUT2D eigenvalue weighted by atomic mass is 35.5. The number of amides is 3. The van der Waals surface area contributed by atoms with Gasteiger partial charge >= 0.3 is 0 Å². The summed E-state index contributed by atoms with van der Waals surface area (Å²) in [6, 6.07) is 7.77. The van der Waals surface area contributed by atoms with Crippen LogP contribution in [0, 0.1) is 0 Å². The van der Waals surface area contributed by atoms with Gasteiger partial charge in [-0.25, -0.2) is 0 Å². The van der Waals surface area contributed by atoms with Crippen LogP contribution in [0.4, 0.5) is 0 Å². The third kappa shape index (κ3) is 5.83. The van der Waals surface area contributed by atoms with Gasteiger partial charge in [0.15, 0.2) is 0 Å². The number of likely N-dealkylation sites (tertiary alicyclic amines) is 1. The topological polar surface area (TPSA) is 92.5 Å². The first kappa shape index (κ1) is 21.1. The summed E-state index contributed by atoms with van der Waals surface area (Å²) in [5.41, 5.74) is 8.31. The summed E-state index contributed by atoms with van der Waals surface area (Å²) in [5, 5.41) is 2.76. The summed E-state index contributed by atoms with van der Waals surface area (Å²) >= 11 is 0. The Balaban J connectivity index is 0.00000312. The van der Waals surface area contributed by atoms with E-state index in [1.807, 2.05) is 24.3 Å². The zero-order valence-corrected chi connectivity index (χ0v) is 15.5. The van der Waals surface area contributed by atoms with Gasteiger partial charge in [0.05, 0.1) is 0 Å². The Labute approximate surface area is 154 Å². The van der Waals surface area contributed by atoms with E-state index in [9.17, 15) is 14.4 Å². The van der Waals surface area contributed by atoms with E-state index in [1.54, 1.807) is 0 Å². The molecule has 1 unspecified atom stereocenters. The molecular formula is C18H26ClN3O3. The second-order valence-electron chi connectivity index (χ2n) is 6.42. The third-order valence-electron chi connectivity index (χ3n) is 4.27. The van der Waals surface area contributed by atoms with E-state index in [-0.39, 0.29) is 62.0 Å². The van der Waals surface area contributed by atoms with Crippen molar-refractivity contribution >= 4 is 30.1 Å². The first-order chi connectivity index (χ1) is 11.4. The van der Waals surface area contributed by atoms with Gasteiger partial charge in [-0.2, -0.15) is 0 Å². The van der Waals surface area contributed by atoms with Crippen molar-refractivity contribution in [2.24, 2.45) is 5.73 Å². The molecule has 25 heavy (non-hydrogen) atoms. The number of nitrogens with zero attached hydrogens (tertiary/aromatic N) is 1. The molecule has 0 bridgehead atoms. The normalized spacial score (nSPS) is 15.3. The van der Waals surface area contributed by atoms with Crippen LogP contribution in [0.5, 0.6) is 0 Å². The number of rotatable bonds is 7. The van der Waals surface area contributed by atoms with Crippen molar-refractivity contribution in [3.8, 4) is 0 Å². The number of carbonyl (C=O) groups is 3. The van der Waals surface area contributed by atoms with E-state index in [2.05, 4.69) is 19.2 Å². The van der Waals surface area contributed by atoms with Crippen molar-refractivity contribution in [3.63, 3.8) is 0 Å². The average Bonchev–Trinajstić information content (AvgIpc) is 2.89. The van der Waals surface area contributed by atoms with Gasteiger partial charge in [0.1, 0.15) is 0 Å². The van der Waals surface area contributed by atoms with Crippen LogP contribution >= 0.6 is 12.4 Å². The largest absolute Gasteiger partial charge is 0.354 e. The molecule has 0 radical (unpaired) electrons. The van der Waals surface area contributed by atoms with Crippen LogP contribution in [-0.4, -0.2) is 35.7 Å².